The molecule has 2 aromatic carbocycles. The molecule has 0 saturated carbocycles. The van der Waals surface area contributed by atoms with Gasteiger partial charge in [-0.05, 0) is 47.9 Å². The minimum atomic E-state index is -0.421. The number of fused-ring (bicyclic) bond motifs is 2. The fraction of sp³-hybridized carbons (Fsp3) is 0.100. The van der Waals surface area contributed by atoms with Gasteiger partial charge in [0.2, 0.25) is 0 Å². The third-order valence-electron chi connectivity index (χ3n) is 6.82. The molecular formula is C30H24FN9. The van der Waals surface area contributed by atoms with Crippen molar-refractivity contribution in [1.29, 1.82) is 0 Å². The third kappa shape index (κ3) is 4.40. The van der Waals surface area contributed by atoms with Gasteiger partial charge in [-0.3, -0.25) is 14.6 Å². The van der Waals surface area contributed by atoms with Gasteiger partial charge in [0.25, 0.3) is 0 Å². The number of imidazole rings is 2. The molecule has 0 amide bonds. The fourth-order valence-corrected chi connectivity index (χ4v) is 4.88. The number of hydrogen-bond donors (Lipinski definition) is 3. The van der Waals surface area contributed by atoms with Crippen LogP contribution >= 0.6 is 0 Å². The van der Waals surface area contributed by atoms with E-state index in [1.54, 1.807) is 18.7 Å². The minimum absolute atomic E-state index is 0.247. The summed E-state index contributed by atoms with van der Waals surface area (Å²) in [5, 5.41) is 11.3. The Hall–Kier alpha value is -5.22. The zero-order valence-electron chi connectivity index (χ0n) is 21.6. The molecule has 0 unspecified atom stereocenters. The second-order valence-corrected chi connectivity index (χ2v) is 9.66. The molecule has 5 heterocycles. The molecule has 7 aromatic rings. The van der Waals surface area contributed by atoms with Crippen molar-refractivity contribution in [3.05, 3.63) is 108 Å². The molecule has 0 aliphatic heterocycles. The summed E-state index contributed by atoms with van der Waals surface area (Å²) >= 11 is 0. The van der Waals surface area contributed by atoms with Crippen LogP contribution in [0.1, 0.15) is 16.8 Å². The molecule has 7 rings (SSSR count). The summed E-state index contributed by atoms with van der Waals surface area (Å²) in [7, 11) is 0. The number of aryl methyl sites for hydroxylation is 1. The summed E-state index contributed by atoms with van der Waals surface area (Å²) < 4.78 is 17.1. The van der Waals surface area contributed by atoms with Crippen molar-refractivity contribution in [2.75, 3.05) is 0 Å². The first-order chi connectivity index (χ1) is 19.6. The number of H-pyrrole nitrogens is 2. The van der Waals surface area contributed by atoms with Crippen molar-refractivity contribution in [2.24, 2.45) is 0 Å². The van der Waals surface area contributed by atoms with E-state index in [-0.39, 0.29) is 5.52 Å². The van der Waals surface area contributed by atoms with E-state index in [9.17, 15) is 0 Å². The highest BCUT2D eigenvalue weighted by atomic mass is 19.1. The number of aromatic nitrogens is 8. The molecule has 0 bridgehead atoms. The molecule has 0 fully saturated rings. The number of nitrogens with one attached hydrogen (secondary N) is 3. The van der Waals surface area contributed by atoms with E-state index < -0.39 is 5.82 Å². The van der Waals surface area contributed by atoms with E-state index in [4.69, 9.17) is 4.98 Å². The largest absolute Gasteiger partial charge is 0.336 e. The maximum Gasteiger partial charge on any atom is 0.166 e. The smallest absolute Gasteiger partial charge is 0.166 e. The summed E-state index contributed by atoms with van der Waals surface area (Å²) in [6.45, 7) is 3.31. The molecule has 5 aromatic heterocycles. The van der Waals surface area contributed by atoms with Crippen molar-refractivity contribution in [3.8, 4) is 28.5 Å². The Balaban J connectivity index is 1.23. The highest BCUT2D eigenvalue weighted by molar-refractivity contribution is 5.96. The monoisotopic (exact) mass is 529 g/mol. The molecule has 0 atom stereocenters. The van der Waals surface area contributed by atoms with Crippen LogP contribution in [0, 0.1) is 12.7 Å². The highest BCUT2D eigenvalue weighted by Crippen LogP contribution is 2.33. The lowest BCUT2D eigenvalue weighted by Crippen LogP contribution is -2.12. The lowest BCUT2D eigenvalue weighted by Gasteiger charge is -2.08. The van der Waals surface area contributed by atoms with Gasteiger partial charge in [0.05, 0.1) is 11.2 Å². The summed E-state index contributed by atoms with van der Waals surface area (Å²) in [5.74, 6) is 0.771. The van der Waals surface area contributed by atoms with E-state index in [0.717, 1.165) is 28.9 Å². The number of halogens is 1. The molecule has 0 aliphatic carbocycles. The van der Waals surface area contributed by atoms with E-state index in [1.165, 1.54) is 11.6 Å². The van der Waals surface area contributed by atoms with Crippen LogP contribution in [0.15, 0.2) is 85.7 Å². The van der Waals surface area contributed by atoms with Gasteiger partial charge < -0.3 is 10.3 Å². The van der Waals surface area contributed by atoms with Gasteiger partial charge in [-0.15, -0.1) is 0 Å². The predicted molar refractivity (Wildman–Crippen MR) is 151 cm³/mol. The molecule has 9 nitrogen and oxygen atoms in total. The van der Waals surface area contributed by atoms with Crippen molar-refractivity contribution in [1.82, 2.24) is 45.0 Å². The first-order valence-corrected chi connectivity index (χ1v) is 12.8. The molecule has 40 heavy (non-hydrogen) atoms. The Morgan fingerprint density at radius 3 is 2.65 bits per heavy atom. The van der Waals surface area contributed by atoms with Crippen LogP contribution in [0.2, 0.25) is 0 Å². The van der Waals surface area contributed by atoms with Crippen LogP contribution < -0.4 is 5.32 Å². The van der Waals surface area contributed by atoms with Crippen LogP contribution in [-0.4, -0.2) is 39.7 Å². The van der Waals surface area contributed by atoms with Crippen molar-refractivity contribution < 1.29 is 4.39 Å². The highest BCUT2D eigenvalue weighted by Gasteiger charge is 2.18. The van der Waals surface area contributed by atoms with Crippen molar-refractivity contribution in [2.45, 2.75) is 20.0 Å². The second kappa shape index (κ2) is 9.83. The Morgan fingerprint density at radius 1 is 0.925 bits per heavy atom. The number of nitrogens with zero attached hydrogens (tertiary/aromatic N) is 6. The summed E-state index contributed by atoms with van der Waals surface area (Å²) in [4.78, 5) is 21.4. The van der Waals surface area contributed by atoms with E-state index >= 15 is 4.39 Å². The summed E-state index contributed by atoms with van der Waals surface area (Å²) in [6, 6.07) is 17.5. The Labute approximate surface area is 228 Å². The SMILES string of the molecule is Cc1cn(-c2nccc3[nH]c(-c4[nH]nc5c(F)cc(-c6cncc(CNCc7ccccc7)c6)cc45)nc23)cn1. The van der Waals surface area contributed by atoms with E-state index in [2.05, 4.69) is 47.6 Å². The zero-order chi connectivity index (χ0) is 27.1. The number of rotatable bonds is 7. The standard InChI is InChI=1S/C30H24FN9/c1-18-16-40(17-35-18)30-28-25(7-8-34-30)36-29(37-28)27-23-10-21(11-24(31)26(23)38-39-27)22-9-20(14-33-15-22)13-32-12-19-5-3-2-4-6-19/h2-11,14-17,32H,12-13H2,1H3,(H,36,37)(H,38,39). The second-order valence-electron chi connectivity index (χ2n) is 9.66. The van der Waals surface area contributed by atoms with Gasteiger partial charge in [-0.25, -0.2) is 19.3 Å². The van der Waals surface area contributed by atoms with Gasteiger partial charge in [0.1, 0.15) is 23.1 Å². The van der Waals surface area contributed by atoms with Gasteiger partial charge >= 0.3 is 0 Å². The molecule has 0 aliphatic rings. The van der Waals surface area contributed by atoms with Crippen LogP contribution in [0.4, 0.5) is 4.39 Å². The van der Waals surface area contributed by atoms with Crippen LogP contribution in [0.25, 0.3) is 50.4 Å². The number of hydrogen-bond acceptors (Lipinski definition) is 6. The van der Waals surface area contributed by atoms with E-state index in [0.29, 0.717) is 40.3 Å². The minimum Gasteiger partial charge on any atom is -0.336 e. The Kier molecular flexibility index (Phi) is 5.86. The van der Waals surface area contributed by atoms with Gasteiger partial charge in [-0.1, -0.05) is 30.3 Å². The summed E-state index contributed by atoms with van der Waals surface area (Å²) in [6.07, 6.45) is 8.88. The molecule has 196 valence electrons. The molecule has 3 N–H and O–H groups in total. The van der Waals surface area contributed by atoms with Gasteiger partial charge in [0.15, 0.2) is 17.5 Å². The van der Waals surface area contributed by atoms with Crippen molar-refractivity contribution >= 4 is 21.9 Å². The van der Waals surface area contributed by atoms with E-state index in [1.807, 2.05) is 60.3 Å². The topological polar surface area (TPSA) is 113 Å². The maximum absolute atomic E-state index is 15.3. The van der Waals surface area contributed by atoms with Gasteiger partial charge in [-0.2, -0.15) is 5.10 Å². The molecule has 0 saturated heterocycles. The number of benzene rings is 2. The molecule has 0 radical (unpaired) electrons. The Bertz CT molecular complexity index is 1970. The van der Waals surface area contributed by atoms with Crippen molar-refractivity contribution in [3.63, 3.8) is 0 Å². The lowest BCUT2D eigenvalue weighted by atomic mass is 10.0. The maximum atomic E-state index is 15.3. The normalized spacial score (nSPS) is 11.6. The number of pyridine rings is 2. The average Bonchev–Trinajstić information content (AvgIpc) is 3.71. The zero-order valence-corrected chi connectivity index (χ0v) is 21.6. The fourth-order valence-electron chi connectivity index (χ4n) is 4.88. The number of aromatic amines is 2. The van der Waals surface area contributed by atoms with Crippen LogP contribution in [0.3, 0.4) is 0 Å². The quantitative estimate of drug-likeness (QED) is 0.252. The van der Waals surface area contributed by atoms with Crippen LogP contribution in [0.5, 0.6) is 0 Å². The molecular weight excluding hydrogens is 505 g/mol. The molecule has 0 spiro atoms. The average molecular weight is 530 g/mol. The lowest BCUT2D eigenvalue weighted by molar-refractivity contribution is 0.636. The van der Waals surface area contributed by atoms with Gasteiger partial charge in [0, 0.05) is 48.8 Å². The van der Waals surface area contributed by atoms with Crippen LogP contribution in [-0.2, 0) is 13.1 Å². The first kappa shape index (κ1) is 23.9. The predicted octanol–water partition coefficient (Wildman–Crippen LogP) is 5.49. The summed E-state index contributed by atoms with van der Waals surface area (Å²) in [5.41, 5.74) is 6.93. The Morgan fingerprint density at radius 2 is 1.80 bits per heavy atom. The molecule has 10 heteroatoms. The third-order valence-corrected chi connectivity index (χ3v) is 6.82. The first-order valence-electron chi connectivity index (χ1n) is 12.8.